The molecule has 31 heavy (non-hydrogen) atoms. The normalized spacial score (nSPS) is 12.3. The number of nitrogens with zero attached hydrogens (tertiary/aromatic N) is 4. The maximum Gasteiger partial charge on any atom is 0.257 e. The first-order valence-corrected chi connectivity index (χ1v) is 10.0. The molecule has 2 N–H and O–H groups in total. The van der Waals surface area contributed by atoms with Gasteiger partial charge in [-0.3, -0.25) is 0 Å². The first kappa shape index (κ1) is 21.6. The van der Waals surface area contributed by atoms with Gasteiger partial charge in [-0.1, -0.05) is 91.0 Å². The molecule has 0 fully saturated rings. The van der Waals surface area contributed by atoms with Crippen LogP contribution in [0.2, 0.25) is 0 Å². The molecular formula is C25H26N6. The van der Waals surface area contributed by atoms with Crippen molar-refractivity contribution in [1.29, 1.82) is 0 Å². The van der Waals surface area contributed by atoms with E-state index in [1.807, 2.05) is 112 Å². The second-order valence-corrected chi connectivity index (χ2v) is 6.85. The summed E-state index contributed by atoms with van der Waals surface area (Å²) in [5.74, 6) is 0.320. The Hall–Kier alpha value is -4.06. The standard InChI is InChI=1S/C25H26N6/c1-19(22-13-7-4-8-14-22)26-29-25(30-27-20(2)23-15-9-5-10-16-23)31-28-21(3)24-17-11-6-12-18-24/h4-18H,1-3H3,(H2,29,30,31). The molecule has 0 amide bonds. The van der Waals surface area contributed by atoms with Crippen molar-refractivity contribution in [2.45, 2.75) is 20.8 Å². The molecule has 0 spiro atoms. The molecule has 0 heterocycles. The monoisotopic (exact) mass is 410 g/mol. The molecule has 0 aromatic heterocycles. The highest BCUT2D eigenvalue weighted by atomic mass is 15.5. The molecule has 0 bridgehead atoms. The predicted octanol–water partition coefficient (Wildman–Crippen LogP) is 4.79. The quantitative estimate of drug-likeness (QED) is 0.348. The van der Waals surface area contributed by atoms with Crippen LogP contribution in [-0.2, 0) is 0 Å². The number of nitrogens with one attached hydrogen (secondary N) is 2. The van der Waals surface area contributed by atoms with E-state index in [4.69, 9.17) is 0 Å². The number of rotatable bonds is 6. The van der Waals surface area contributed by atoms with Gasteiger partial charge in [0.2, 0.25) is 0 Å². The van der Waals surface area contributed by atoms with Gasteiger partial charge in [0.05, 0.1) is 17.1 Å². The molecule has 0 aliphatic heterocycles. The zero-order valence-electron chi connectivity index (χ0n) is 17.9. The number of hydrazone groups is 2. The van der Waals surface area contributed by atoms with Crippen molar-refractivity contribution in [3.8, 4) is 0 Å². The number of hydrogen-bond acceptors (Lipinski definition) is 4. The van der Waals surface area contributed by atoms with E-state index in [-0.39, 0.29) is 0 Å². The molecule has 0 radical (unpaired) electrons. The summed E-state index contributed by atoms with van der Waals surface area (Å²) in [7, 11) is 0. The lowest BCUT2D eigenvalue weighted by Crippen LogP contribution is -2.32. The van der Waals surface area contributed by atoms with Crippen molar-refractivity contribution in [1.82, 2.24) is 10.9 Å². The SMILES string of the molecule is CC(=NN=C(NN=C(C)c1ccccc1)NN=C(C)c1ccccc1)c1ccccc1. The van der Waals surface area contributed by atoms with Crippen LogP contribution in [-0.4, -0.2) is 23.1 Å². The zero-order chi connectivity index (χ0) is 21.9. The van der Waals surface area contributed by atoms with Crippen LogP contribution in [0.25, 0.3) is 0 Å². The van der Waals surface area contributed by atoms with E-state index in [9.17, 15) is 0 Å². The minimum atomic E-state index is 0.320. The minimum absolute atomic E-state index is 0.320. The van der Waals surface area contributed by atoms with E-state index in [1.165, 1.54) is 0 Å². The van der Waals surface area contributed by atoms with Crippen molar-refractivity contribution in [2.24, 2.45) is 20.4 Å². The Labute approximate surface area is 183 Å². The molecule has 6 nitrogen and oxygen atoms in total. The Morgan fingerprint density at radius 1 is 0.484 bits per heavy atom. The molecule has 0 aliphatic rings. The maximum absolute atomic E-state index is 4.43. The third-order valence-electron chi connectivity index (χ3n) is 4.53. The zero-order valence-corrected chi connectivity index (χ0v) is 17.9. The summed E-state index contributed by atoms with van der Waals surface area (Å²) >= 11 is 0. The molecule has 0 saturated carbocycles. The Bertz CT molecular complexity index is 1030. The van der Waals surface area contributed by atoms with Gasteiger partial charge in [-0.25, -0.2) is 10.9 Å². The van der Waals surface area contributed by atoms with Gasteiger partial charge < -0.3 is 0 Å². The summed E-state index contributed by atoms with van der Waals surface area (Å²) in [5, 5.41) is 17.5. The van der Waals surface area contributed by atoms with E-state index in [0.29, 0.717) is 5.96 Å². The van der Waals surface area contributed by atoms with Crippen molar-refractivity contribution in [3.05, 3.63) is 108 Å². The van der Waals surface area contributed by atoms with Gasteiger partial charge >= 0.3 is 0 Å². The molecular weight excluding hydrogens is 384 g/mol. The summed E-state index contributed by atoms with van der Waals surface area (Å²) < 4.78 is 0. The highest BCUT2D eigenvalue weighted by molar-refractivity contribution is 6.01. The van der Waals surface area contributed by atoms with Crippen molar-refractivity contribution < 1.29 is 0 Å². The summed E-state index contributed by atoms with van der Waals surface area (Å²) in [4.78, 5) is 0. The van der Waals surface area contributed by atoms with E-state index in [1.54, 1.807) is 0 Å². The van der Waals surface area contributed by atoms with Gasteiger partial charge in [0.15, 0.2) is 0 Å². The summed E-state index contributed by atoms with van der Waals surface area (Å²) in [6.07, 6.45) is 0. The fraction of sp³-hybridized carbons (Fsp3) is 0.120. The Balaban J connectivity index is 1.82. The van der Waals surface area contributed by atoms with Gasteiger partial charge in [-0.05, 0) is 37.5 Å². The van der Waals surface area contributed by atoms with Crippen LogP contribution >= 0.6 is 0 Å². The van der Waals surface area contributed by atoms with Crippen LogP contribution in [0.15, 0.2) is 111 Å². The molecule has 3 rings (SSSR count). The van der Waals surface area contributed by atoms with Crippen LogP contribution in [0.5, 0.6) is 0 Å². The van der Waals surface area contributed by atoms with Gasteiger partial charge in [-0.2, -0.15) is 15.3 Å². The highest BCUT2D eigenvalue weighted by Crippen LogP contribution is 2.03. The molecule has 3 aromatic rings. The van der Waals surface area contributed by atoms with Gasteiger partial charge in [0, 0.05) is 0 Å². The highest BCUT2D eigenvalue weighted by Gasteiger charge is 2.02. The summed E-state index contributed by atoms with van der Waals surface area (Å²) in [6, 6.07) is 29.7. The van der Waals surface area contributed by atoms with Crippen molar-refractivity contribution in [3.63, 3.8) is 0 Å². The van der Waals surface area contributed by atoms with Crippen LogP contribution in [0.1, 0.15) is 37.5 Å². The van der Waals surface area contributed by atoms with Crippen molar-refractivity contribution >= 4 is 23.1 Å². The van der Waals surface area contributed by atoms with E-state index < -0.39 is 0 Å². The van der Waals surface area contributed by atoms with Crippen LogP contribution in [0.3, 0.4) is 0 Å². The van der Waals surface area contributed by atoms with Crippen molar-refractivity contribution in [2.75, 3.05) is 0 Å². The third kappa shape index (κ3) is 6.75. The third-order valence-corrected chi connectivity index (χ3v) is 4.53. The second kappa shape index (κ2) is 11.2. The maximum atomic E-state index is 4.43. The largest absolute Gasteiger partial charge is 0.257 e. The Kier molecular flexibility index (Phi) is 7.83. The Morgan fingerprint density at radius 3 is 1.23 bits per heavy atom. The molecule has 156 valence electrons. The number of hydrogen-bond donors (Lipinski definition) is 2. The lowest BCUT2D eigenvalue weighted by molar-refractivity contribution is 0.881. The van der Waals surface area contributed by atoms with Gasteiger partial charge in [-0.15, -0.1) is 5.10 Å². The first-order valence-electron chi connectivity index (χ1n) is 10.0. The predicted molar refractivity (Wildman–Crippen MR) is 130 cm³/mol. The fourth-order valence-corrected chi connectivity index (χ4v) is 2.69. The van der Waals surface area contributed by atoms with Gasteiger partial charge in [0.1, 0.15) is 0 Å². The van der Waals surface area contributed by atoms with E-state index >= 15 is 0 Å². The summed E-state index contributed by atoms with van der Waals surface area (Å²) in [6.45, 7) is 5.77. The second-order valence-electron chi connectivity index (χ2n) is 6.85. The first-order chi connectivity index (χ1) is 15.1. The van der Waals surface area contributed by atoms with Crippen LogP contribution < -0.4 is 10.9 Å². The lowest BCUT2D eigenvalue weighted by atomic mass is 10.1. The molecule has 0 saturated heterocycles. The van der Waals surface area contributed by atoms with E-state index in [2.05, 4.69) is 31.3 Å². The smallest absolute Gasteiger partial charge is 0.244 e. The van der Waals surface area contributed by atoms with Gasteiger partial charge in [0.25, 0.3) is 5.96 Å². The lowest BCUT2D eigenvalue weighted by Gasteiger charge is -2.07. The van der Waals surface area contributed by atoms with Crippen LogP contribution in [0, 0.1) is 0 Å². The molecule has 6 heteroatoms. The Morgan fingerprint density at radius 2 is 0.839 bits per heavy atom. The number of benzene rings is 3. The topological polar surface area (TPSA) is 73.5 Å². The molecule has 0 aliphatic carbocycles. The van der Waals surface area contributed by atoms with Crippen LogP contribution in [0.4, 0.5) is 0 Å². The average Bonchev–Trinajstić information content (AvgIpc) is 2.84. The number of guanidine groups is 1. The molecule has 0 unspecified atom stereocenters. The fourth-order valence-electron chi connectivity index (χ4n) is 2.69. The molecule has 3 aromatic carbocycles. The average molecular weight is 411 g/mol. The summed E-state index contributed by atoms with van der Waals surface area (Å²) in [5.41, 5.74) is 11.3. The molecule has 0 atom stereocenters. The minimum Gasteiger partial charge on any atom is -0.244 e. The van der Waals surface area contributed by atoms with E-state index in [0.717, 1.165) is 33.8 Å².